The minimum Gasteiger partial charge on any atom is -0.373 e. The average molecular weight is 204 g/mol. The molecule has 0 unspecified atom stereocenters. The number of nitrogens with zero attached hydrogens (tertiary/aromatic N) is 3. The fourth-order valence-electron chi connectivity index (χ4n) is 1.30. The predicted octanol–water partition coefficient (Wildman–Crippen LogP) is 0.999. The van der Waals surface area contributed by atoms with E-state index < -0.39 is 0 Å². The first kappa shape index (κ1) is 11.5. The summed E-state index contributed by atoms with van der Waals surface area (Å²) in [7, 11) is 3.97. The maximum absolute atomic E-state index is 8.61. The highest BCUT2D eigenvalue weighted by Gasteiger charge is 2.00. The van der Waals surface area contributed by atoms with Gasteiger partial charge in [0.15, 0.2) is 0 Å². The highest BCUT2D eigenvalue weighted by molar-refractivity contribution is 5.44. The van der Waals surface area contributed by atoms with Crippen molar-refractivity contribution in [3.8, 4) is 6.07 Å². The molecule has 1 rings (SSSR count). The number of aromatic nitrogens is 1. The number of hydrogen-bond acceptors (Lipinski definition) is 4. The van der Waals surface area contributed by atoms with Crippen molar-refractivity contribution in [3.63, 3.8) is 0 Å². The van der Waals surface area contributed by atoms with Gasteiger partial charge < -0.3 is 10.2 Å². The lowest BCUT2D eigenvalue weighted by molar-refractivity contribution is 0.712. The topological polar surface area (TPSA) is 52.0 Å². The van der Waals surface area contributed by atoms with Crippen molar-refractivity contribution in [2.24, 2.45) is 0 Å². The predicted molar refractivity (Wildman–Crippen MR) is 60.8 cm³/mol. The first-order valence-electron chi connectivity index (χ1n) is 5.00. The SMILES string of the molecule is CNCCCN(C)c1ccc(C#N)nc1. The van der Waals surface area contributed by atoms with Crippen LogP contribution < -0.4 is 10.2 Å². The van der Waals surface area contributed by atoms with Gasteiger partial charge in [0.1, 0.15) is 11.8 Å². The van der Waals surface area contributed by atoms with Crippen LogP contribution in [0.5, 0.6) is 0 Å². The summed E-state index contributed by atoms with van der Waals surface area (Å²) in [5, 5.41) is 11.7. The molecule has 1 aromatic heterocycles. The maximum atomic E-state index is 8.61. The van der Waals surface area contributed by atoms with E-state index in [4.69, 9.17) is 5.26 Å². The Bertz CT molecular complexity index is 325. The zero-order valence-corrected chi connectivity index (χ0v) is 9.20. The third kappa shape index (κ3) is 3.56. The van der Waals surface area contributed by atoms with Crippen LogP contribution in [-0.2, 0) is 0 Å². The number of nitriles is 1. The highest BCUT2D eigenvalue weighted by Crippen LogP contribution is 2.10. The zero-order valence-electron chi connectivity index (χ0n) is 9.20. The molecule has 0 aliphatic carbocycles. The van der Waals surface area contributed by atoms with Crippen LogP contribution in [0.25, 0.3) is 0 Å². The zero-order chi connectivity index (χ0) is 11.1. The second kappa shape index (κ2) is 5.99. The van der Waals surface area contributed by atoms with Gasteiger partial charge >= 0.3 is 0 Å². The molecule has 4 heteroatoms. The fraction of sp³-hybridized carbons (Fsp3) is 0.455. The molecule has 0 bridgehead atoms. The Morgan fingerprint density at radius 1 is 1.53 bits per heavy atom. The van der Waals surface area contributed by atoms with E-state index in [1.807, 2.05) is 26.2 Å². The van der Waals surface area contributed by atoms with Crippen molar-refractivity contribution in [1.82, 2.24) is 10.3 Å². The molecular formula is C11H16N4. The molecule has 0 aliphatic rings. The smallest absolute Gasteiger partial charge is 0.140 e. The molecule has 0 aromatic carbocycles. The maximum Gasteiger partial charge on any atom is 0.140 e. The quantitative estimate of drug-likeness (QED) is 0.727. The Morgan fingerprint density at radius 3 is 2.87 bits per heavy atom. The van der Waals surface area contributed by atoms with E-state index in [-0.39, 0.29) is 0 Å². The van der Waals surface area contributed by atoms with Crippen LogP contribution in [-0.4, -0.2) is 32.2 Å². The summed E-state index contributed by atoms with van der Waals surface area (Å²) >= 11 is 0. The van der Waals surface area contributed by atoms with E-state index in [9.17, 15) is 0 Å². The summed E-state index contributed by atoms with van der Waals surface area (Å²) < 4.78 is 0. The Kier molecular flexibility index (Phi) is 4.58. The van der Waals surface area contributed by atoms with Gasteiger partial charge in [-0.05, 0) is 32.1 Å². The number of pyridine rings is 1. The molecule has 0 aliphatic heterocycles. The van der Waals surface area contributed by atoms with Gasteiger partial charge in [0, 0.05) is 13.6 Å². The summed E-state index contributed by atoms with van der Waals surface area (Å²) in [4.78, 5) is 6.16. The molecule has 15 heavy (non-hydrogen) atoms. The Labute approximate surface area is 90.5 Å². The highest BCUT2D eigenvalue weighted by atomic mass is 15.1. The summed E-state index contributed by atoms with van der Waals surface area (Å²) in [6.45, 7) is 1.99. The molecule has 0 radical (unpaired) electrons. The van der Waals surface area contributed by atoms with E-state index in [1.54, 1.807) is 12.3 Å². The van der Waals surface area contributed by atoms with Crippen LogP contribution >= 0.6 is 0 Å². The van der Waals surface area contributed by atoms with Gasteiger partial charge in [-0.3, -0.25) is 0 Å². The van der Waals surface area contributed by atoms with Gasteiger partial charge in [0.25, 0.3) is 0 Å². The van der Waals surface area contributed by atoms with Gasteiger partial charge in [0.05, 0.1) is 11.9 Å². The molecular weight excluding hydrogens is 188 g/mol. The normalized spacial score (nSPS) is 9.67. The molecule has 0 spiro atoms. The third-order valence-corrected chi connectivity index (χ3v) is 2.22. The Hall–Kier alpha value is -1.60. The van der Waals surface area contributed by atoms with Crippen LogP contribution in [0.2, 0.25) is 0 Å². The van der Waals surface area contributed by atoms with Gasteiger partial charge in [-0.25, -0.2) is 4.98 Å². The average Bonchev–Trinajstić information content (AvgIpc) is 2.29. The van der Waals surface area contributed by atoms with Crippen molar-refractivity contribution in [2.75, 3.05) is 32.1 Å². The van der Waals surface area contributed by atoms with E-state index >= 15 is 0 Å². The monoisotopic (exact) mass is 204 g/mol. The molecule has 0 saturated carbocycles. The van der Waals surface area contributed by atoms with Gasteiger partial charge in [-0.1, -0.05) is 0 Å². The molecule has 0 amide bonds. The van der Waals surface area contributed by atoms with Gasteiger partial charge in [-0.15, -0.1) is 0 Å². The molecule has 1 heterocycles. The van der Waals surface area contributed by atoms with Crippen LogP contribution in [0.4, 0.5) is 5.69 Å². The first-order chi connectivity index (χ1) is 7.27. The molecule has 4 nitrogen and oxygen atoms in total. The summed E-state index contributed by atoms with van der Waals surface area (Å²) in [5.41, 5.74) is 1.51. The largest absolute Gasteiger partial charge is 0.373 e. The Morgan fingerprint density at radius 2 is 2.33 bits per heavy atom. The molecule has 0 saturated heterocycles. The first-order valence-corrected chi connectivity index (χ1v) is 5.00. The molecule has 80 valence electrons. The minimum atomic E-state index is 0.461. The van der Waals surface area contributed by atoms with Crippen LogP contribution in [0.15, 0.2) is 18.3 Å². The van der Waals surface area contributed by atoms with Crippen molar-refractivity contribution < 1.29 is 0 Å². The molecule has 1 aromatic rings. The van der Waals surface area contributed by atoms with Crippen molar-refractivity contribution in [1.29, 1.82) is 5.26 Å². The van der Waals surface area contributed by atoms with E-state index in [0.717, 1.165) is 25.2 Å². The van der Waals surface area contributed by atoms with Crippen LogP contribution in [0.3, 0.4) is 0 Å². The number of hydrogen-bond donors (Lipinski definition) is 1. The second-order valence-electron chi connectivity index (χ2n) is 3.39. The van der Waals surface area contributed by atoms with Crippen LogP contribution in [0.1, 0.15) is 12.1 Å². The lowest BCUT2D eigenvalue weighted by Gasteiger charge is -2.18. The fourth-order valence-corrected chi connectivity index (χ4v) is 1.30. The van der Waals surface area contributed by atoms with E-state index in [2.05, 4.69) is 15.2 Å². The van der Waals surface area contributed by atoms with E-state index in [1.165, 1.54) is 0 Å². The van der Waals surface area contributed by atoms with Crippen molar-refractivity contribution in [3.05, 3.63) is 24.0 Å². The number of anilines is 1. The standard InChI is InChI=1S/C11H16N4/c1-13-6-3-7-15(2)11-5-4-10(8-12)14-9-11/h4-5,9,13H,3,6-7H2,1-2H3. The summed E-state index contributed by atoms with van der Waals surface area (Å²) in [5.74, 6) is 0. The minimum absolute atomic E-state index is 0.461. The second-order valence-corrected chi connectivity index (χ2v) is 3.39. The number of rotatable bonds is 5. The molecule has 0 fully saturated rings. The molecule has 1 N–H and O–H groups in total. The van der Waals surface area contributed by atoms with Gasteiger partial charge in [-0.2, -0.15) is 5.26 Å². The van der Waals surface area contributed by atoms with E-state index in [0.29, 0.717) is 5.69 Å². The van der Waals surface area contributed by atoms with Gasteiger partial charge in [0.2, 0.25) is 0 Å². The lowest BCUT2D eigenvalue weighted by atomic mass is 10.3. The van der Waals surface area contributed by atoms with Crippen molar-refractivity contribution in [2.45, 2.75) is 6.42 Å². The lowest BCUT2D eigenvalue weighted by Crippen LogP contribution is -2.22. The third-order valence-electron chi connectivity index (χ3n) is 2.22. The summed E-state index contributed by atoms with van der Waals surface area (Å²) in [6, 6.07) is 5.67. The van der Waals surface area contributed by atoms with Crippen LogP contribution in [0, 0.1) is 11.3 Å². The summed E-state index contributed by atoms with van der Waals surface area (Å²) in [6.07, 6.45) is 2.82. The van der Waals surface area contributed by atoms with Crippen molar-refractivity contribution >= 4 is 5.69 Å². The Balaban J connectivity index is 2.51. The molecule has 0 atom stereocenters. The number of nitrogens with one attached hydrogen (secondary N) is 1.